The number of aliphatic hydroxyl groups is 1. The maximum absolute atomic E-state index is 11.0. The van der Waals surface area contributed by atoms with Gasteiger partial charge in [0.15, 0.2) is 0 Å². The zero-order chi connectivity index (χ0) is 29.6. The quantitative estimate of drug-likeness (QED) is 0.307. The SMILES string of the molecule is CC(C)c1c(OCC(O)CN2CCN(c3ccnc4cc(Cl)ccc34)CC2)ccc2c1CCC1C(C)(C)CCC[C@]21C. The van der Waals surface area contributed by atoms with E-state index in [-0.39, 0.29) is 5.41 Å². The fourth-order valence-corrected chi connectivity index (χ4v) is 8.91. The van der Waals surface area contributed by atoms with Crippen LogP contribution in [-0.4, -0.2) is 60.4 Å². The molecule has 6 rings (SSSR count). The van der Waals surface area contributed by atoms with Crippen LogP contribution in [0.4, 0.5) is 5.69 Å². The number of anilines is 1. The van der Waals surface area contributed by atoms with Crippen LogP contribution in [0.2, 0.25) is 5.02 Å². The minimum absolute atomic E-state index is 0.245. The number of hydrogen-bond donors (Lipinski definition) is 1. The van der Waals surface area contributed by atoms with Crippen LogP contribution in [0.5, 0.6) is 5.75 Å². The Hall–Kier alpha value is -2.34. The third-order valence-electron chi connectivity index (χ3n) is 10.7. The largest absolute Gasteiger partial charge is 0.491 e. The Balaban J connectivity index is 1.09. The highest BCUT2D eigenvalue weighted by Gasteiger charge is 2.50. The van der Waals surface area contributed by atoms with Crippen LogP contribution >= 0.6 is 11.6 Å². The number of aromatic nitrogens is 1. The van der Waals surface area contributed by atoms with Gasteiger partial charge in [0, 0.05) is 60.6 Å². The van der Waals surface area contributed by atoms with Crippen LogP contribution in [0.25, 0.3) is 10.9 Å². The molecule has 5 nitrogen and oxygen atoms in total. The first kappa shape index (κ1) is 29.7. The first-order chi connectivity index (χ1) is 20.1. The van der Waals surface area contributed by atoms with Gasteiger partial charge in [-0.15, -0.1) is 0 Å². The number of halogens is 1. The van der Waals surface area contributed by atoms with Gasteiger partial charge in [-0.3, -0.25) is 9.88 Å². The van der Waals surface area contributed by atoms with Gasteiger partial charge in [0.25, 0.3) is 0 Å². The minimum atomic E-state index is -0.530. The number of β-amino-alcohol motifs (C(OH)–C–C–N with tert-alkyl or cyclic N) is 1. The van der Waals surface area contributed by atoms with Crippen molar-refractivity contribution in [2.24, 2.45) is 11.3 Å². The molecule has 1 saturated carbocycles. The highest BCUT2D eigenvalue weighted by molar-refractivity contribution is 6.31. The summed E-state index contributed by atoms with van der Waals surface area (Å²) < 4.78 is 6.42. The molecule has 226 valence electrons. The zero-order valence-electron chi connectivity index (χ0n) is 26.1. The molecule has 0 amide bonds. The third-order valence-corrected chi connectivity index (χ3v) is 11.0. The molecule has 3 aromatic rings. The van der Waals surface area contributed by atoms with Crippen molar-refractivity contribution < 1.29 is 9.84 Å². The second-order valence-electron chi connectivity index (χ2n) is 14.3. The molecule has 1 N–H and O–H groups in total. The molecular formula is C36H48ClN3O2. The van der Waals surface area contributed by atoms with E-state index < -0.39 is 6.10 Å². The number of nitrogens with zero attached hydrogens (tertiary/aromatic N) is 3. The van der Waals surface area contributed by atoms with E-state index in [0.717, 1.165) is 55.2 Å². The van der Waals surface area contributed by atoms with E-state index in [2.05, 4.69) is 73.7 Å². The minimum Gasteiger partial charge on any atom is -0.491 e. The lowest BCUT2D eigenvalue weighted by Gasteiger charge is -2.54. The number of pyridine rings is 1. The van der Waals surface area contributed by atoms with Crippen molar-refractivity contribution in [3.05, 3.63) is 64.3 Å². The van der Waals surface area contributed by atoms with E-state index in [1.54, 1.807) is 5.56 Å². The van der Waals surface area contributed by atoms with E-state index >= 15 is 0 Å². The van der Waals surface area contributed by atoms with Crippen LogP contribution in [0.1, 0.15) is 82.9 Å². The van der Waals surface area contributed by atoms with E-state index in [1.165, 1.54) is 42.5 Å². The second kappa shape index (κ2) is 11.6. The Morgan fingerprint density at radius 2 is 1.83 bits per heavy atom. The average Bonchev–Trinajstić information content (AvgIpc) is 2.95. The van der Waals surface area contributed by atoms with Crippen molar-refractivity contribution in [3.63, 3.8) is 0 Å². The summed E-state index contributed by atoms with van der Waals surface area (Å²) >= 11 is 6.19. The number of fused-ring (bicyclic) bond motifs is 4. The van der Waals surface area contributed by atoms with Gasteiger partial charge in [0.2, 0.25) is 0 Å². The monoisotopic (exact) mass is 589 g/mol. The highest BCUT2D eigenvalue weighted by atomic mass is 35.5. The molecule has 1 aliphatic heterocycles. The van der Waals surface area contributed by atoms with E-state index in [0.29, 0.717) is 29.5 Å². The van der Waals surface area contributed by atoms with Crippen molar-refractivity contribution in [2.75, 3.05) is 44.2 Å². The fraction of sp³-hybridized carbons (Fsp3) is 0.583. The molecular weight excluding hydrogens is 542 g/mol. The van der Waals surface area contributed by atoms with Crippen molar-refractivity contribution >= 4 is 28.2 Å². The standard InChI is InChI=1S/C36H48ClN3O2/c1-24(2)34-27-9-12-33-35(3,4)14-6-15-36(33,5)29(27)10-11-32(34)42-23-26(41)22-39-17-19-40(20-18-39)31-13-16-38-30-21-25(37)7-8-28(30)31/h7-8,10-11,13,16,21,24,26,33,41H,6,9,12,14-15,17-20,22-23H2,1-5H3/t26?,33?,36-/m1/s1. The van der Waals surface area contributed by atoms with Gasteiger partial charge in [-0.25, -0.2) is 0 Å². The van der Waals surface area contributed by atoms with Crippen molar-refractivity contribution in [1.82, 2.24) is 9.88 Å². The van der Waals surface area contributed by atoms with Crippen LogP contribution in [-0.2, 0) is 11.8 Å². The molecule has 0 radical (unpaired) electrons. The molecule has 6 heteroatoms. The Labute approximate surface area is 257 Å². The summed E-state index contributed by atoms with van der Waals surface area (Å²) in [5, 5.41) is 12.9. The normalized spacial score (nSPS) is 24.9. The summed E-state index contributed by atoms with van der Waals surface area (Å²) in [4.78, 5) is 9.26. The summed E-state index contributed by atoms with van der Waals surface area (Å²) in [6, 6.07) is 12.6. The summed E-state index contributed by atoms with van der Waals surface area (Å²) in [6.07, 6.45) is 7.66. The van der Waals surface area contributed by atoms with Gasteiger partial charge in [-0.1, -0.05) is 58.7 Å². The molecule has 2 aromatic carbocycles. The summed E-state index contributed by atoms with van der Waals surface area (Å²) in [5.41, 5.74) is 7.21. The maximum Gasteiger partial charge on any atom is 0.123 e. The molecule has 0 spiro atoms. The Bertz CT molecular complexity index is 1430. The Kier molecular flexibility index (Phi) is 8.23. The van der Waals surface area contributed by atoms with Crippen molar-refractivity contribution in [3.8, 4) is 5.75 Å². The summed E-state index contributed by atoms with van der Waals surface area (Å²) in [5.74, 6) is 2.09. The zero-order valence-corrected chi connectivity index (χ0v) is 26.9. The molecule has 1 aromatic heterocycles. The van der Waals surface area contributed by atoms with Crippen LogP contribution in [0, 0.1) is 11.3 Å². The topological polar surface area (TPSA) is 48.8 Å². The van der Waals surface area contributed by atoms with E-state index in [4.69, 9.17) is 16.3 Å². The number of hydrogen-bond acceptors (Lipinski definition) is 5. The molecule has 1 saturated heterocycles. The third kappa shape index (κ3) is 5.53. The number of benzene rings is 2. The maximum atomic E-state index is 11.0. The summed E-state index contributed by atoms with van der Waals surface area (Å²) in [7, 11) is 0. The second-order valence-corrected chi connectivity index (χ2v) is 14.7. The molecule has 2 aliphatic carbocycles. The van der Waals surface area contributed by atoms with Crippen molar-refractivity contribution in [1.29, 1.82) is 0 Å². The molecule has 2 heterocycles. The first-order valence-corrected chi connectivity index (χ1v) is 16.4. The molecule has 0 bridgehead atoms. The molecule has 3 atom stereocenters. The van der Waals surface area contributed by atoms with Gasteiger partial charge < -0.3 is 14.7 Å². The number of ether oxygens (including phenoxy) is 1. The lowest BCUT2D eigenvalue weighted by molar-refractivity contribution is 0.0402. The van der Waals surface area contributed by atoms with E-state index in [1.807, 2.05) is 18.3 Å². The average molecular weight is 590 g/mol. The molecule has 3 aliphatic rings. The molecule has 2 unspecified atom stereocenters. The fourth-order valence-electron chi connectivity index (χ4n) is 8.74. The lowest BCUT2D eigenvalue weighted by atomic mass is 9.50. The van der Waals surface area contributed by atoms with Gasteiger partial charge in [-0.2, -0.15) is 0 Å². The van der Waals surface area contributed by atoms with Gasteiger partial charge in [-0.05, 0) is 89.8 Å². The lowest BCUT2D eigenvalue weighted by Crippen LogP contribution is -2.49. The highest BCUT2D eigenvalue weighted by Crippen LogP contribution is 2.58. The van der Waals surface area contributed by atoms with Gasteiger partial charge in [0.05, 0.1) is 5.52 Å². The van der Waals surface area contributed by atoms with Gasteiger partial charge >= 0.3 is 0 Å². The summed E-state index contributed by atoms with van der Waals surface area (Å²) in [6.45, 7) is 16.6. The van der Waals surface area contributed by atoms with Crippen LogP contribution < -0.4 is 9.64 Å². The molecule has 2 fully saturated rings. The van der Waals surface area contributed by atoms with Crippen LogP contribution in [0.15, 0.2) is 42.6 Å². The van der Waals surface area contributed by atoms with Gasteiger partial charge in [0.1, 0.15) is 18.5 Å². The van der Waals surface area contributed by atoms with Crippen LogP contribution in [0.3, 0.4) is 0 Å². The number of rotatable bonds is 7. The molecule has 42 heavy (non-hydrogen) atoms. The smallest absolute Gasteiger partial charge is 0.123 e. The predicted molar refractivity (Wildman–Crippen MR) is 174 cm³/mol. The predicted octanol–water partition coefficient (Wildman–Crippen LogP) is 7.60. The van der Waals surface area contributed by atoms with E-state index in [9.17, 15) is 5.11 Å². The Morgan fingerprint density at radius 3 is 2.60 bits per heavy atom. The first-order valence-electron chi connectivity index (χ1n) is 16.1. The van der Waals surface area contributed by atoms with Crippen molar-refractivity contribution in [2.45, 2.75) is 84.2 Å². The number of aliphatic hydroxyl groups excluding tert-OH is 1. The Morgan fingerprint density at radius 1 is 1.05 bits per heavy atom. The number of piperazine rings is 1.